The van der Waals surface area contributed by atoms with Gasteiger partial charge in [0.25, 0.3) is 11.8 Å². The van der Waals surface area contributed by atoms with Gasteiger partial charge in [-0.25, -0.2) is 34.1 Å². The number of benzene rings is 6. The second kappa shape index (κ2) is 30.9. The van der Waals surface area contributed by atoms with Crippen LogP contribution in [0.2, 0.25) is 0 Å². The van der Waals surface area contributed by atoms with Gasteiger partial charge in [-0.15, -0.1) is 0 Å². The minimum Gasteiger partial charge on any atom is -0.457 e. The van der Waals surface area contributed by atoms with Crippen molar-refractivity contribution in [3.8, 4) is 74.5 Å². The van der Waals surface area contributed by atoms with Gasteiger partial charge in [-0.1, -0.05) is 81.1 Å². The average Bonchev–Trinajstić information content (AvgIpc) is 1.61. The SMILES string of the molecule is C.C=CC(=O)N1CCC[C@@H](n2nc(-c3ccc(Oc4ccccc4)cc3)c(C(N)=O)c2N)C1.C=CC(=O)N1CCC[C@@H](n2nc(-c3ccc(Oc4ccccc4)cc3)c3c(N)ncnc32)C1.CC#CC(=O)N1CC[C@@H](n2c(=O)n(-c3ccc(Oc4ccccc4)cc3)c3c(N)ncnc32)C1. The van der Waals surface area contributed by atoms with Gasteiger partial charge in [0.1, 0.15) is 81.3 Å². The van der Waals surface area contributed by atoms with Crippen molar-refractivity contribution in [2.45, 2.75) is 64.6 Å². The van der Waals surface area contributed by atoms with Gasteiger partial charge in [-0.2, -0.15) is 10.2 Å². The molecule has 100 heavy (non-hydrogen) atoms. The van der Waals surface area contributed by atoms with Crippen molar-refractivity contribution in [1.29, 1.82) is 0 Å². The van der Waals surface area contributed by atoms with E-state index in [1.807, 2.05) is 132 Å². The van der Waals surface area contributed by atoms with Gasteiger partial charge < -0.3 is 51.8 Å². The lowest BCUT2D eigenvalue weighted by Gasteiger charge is -2.32. The number of amides is 4. The van der Waals surface area contributed by atoms with Crippen LogP contribution >= 0.6 is 0 Å². The van der Waals surface area contributed by atoms with Crippen molar-refractivity contribution >= 4 is 63.3 Å². The molecular weight excluding hydrogens is 1270 g/mol. The van der Waals surface area contributed by atoms with Gasteiger partial charge >= 0.3 is 5.69 Å². The molecule has 11 aromatic rings. The molecule has 0 aliphatic carbocycles. The van der Waals surface area contributed by atoms with E-state index in [2.05, 4.69) is 50.0 Å². The zero-order valence-corrected chi connectivity index (χ0v) is 54.2. The first-order valence-electron chi connectivity index (χ1n) is 32.1. The van der Waals surface area contributed by atoms with Crippen molar-refractivity contribution in [3.63, 3.8) is 0 Å². The molecule has 0 saturated carbocycles. The monoisotopic (exact) mass is 1340 g/mol. The summed E-state index contributed by atoms with van der Waals surface area (Å²) in [6.45, 7) is 12.0. The van der Waals surface area contributed by atoms with Crippen LogP contribution < -0.4 is 42.8 Å². The highest BCUT2D eigenvalue weighted by Gasteiger charge is 2.34. The third-order valence-electron chi connectivity index (χ3n) is 17.2. The molecule has 0 unspecified atom stereocenters. The summed E-state index contributed by atoms with van der Waals surface area (Å²) in [7, 11) is 0. The van der Waals surface area contributed by atoms with Crippen molar-refractivity contribution in [1.82, 2.24) is 63.3 Å². The van der Waals surface area contributed by atoms with E-state index in [1.165, 1.54) is 29.4 Å². The molecule has 0 spiro atoms. The summed E-state index contributed by atoms with van der Waals surface area (Å²) in [4.78, 5) is 84.6. The smallest absolute Gasteiger partial charge is 0.335 e. The third-order valence-corrected chi connectivity index (χ3v) is 17.2. The van der Waals surface area contributed by atoms with E-state index < -0.39 is 5.91 Å². The molecule has 5 aromatic heterocycles. The van der Waals surface area contributed by atoms with Crippen molar-refractivity contribution in [2.75, 3.05) is 56.5 Å². The average molecular weight is 1340 g/mol. The lowest BCUT2D eigenvalue weighted by atomic mass is 10.1. The number of aromatic nitrogens is 10. The number of anilines is 3. The van der Waals surface area contributed by atoms with Crippen LogP contribution in [0, 0.1) is 11.8 Å². The molecule has 0 radical (unpaired) electrons. The zero-order chi connectivity index (χ0) is 69.1. The van der Waals surface area contributed by atoms with Crippen LogP contribution in [0.15, 0.2) is 207 Å². The number of hydrogen-bond acceptors (Lipinski definition) is 17. The van der Waals surface area contributed by atoms with E-state index in [1.54, 1.807) is 67.3 Å². The molecule has 4 amide bonds. The van der Waals surface area contributed by atoms with Gasteiger partial charge in [0.15, 0.2) is 17.1 Å². The van der Waals surface area contributed by atoms with Gasteiger partial charge in [0.05, 0.1) is 29.2 Å². The summed E-state index contributed by atoms with van der Waals surface area (Å²) in [6, 6.07) is 50.2. The fraction of sp³-hybridized carbons (Fsp3) is 0.213. The lowest BCUT2D eigenvalue weighted by molar-refractivity contribution is -0.128. The predicted molar refractivity (Wildman–Crippen MR) is 383 cm³/mol. The number of likely N-dealkylation sites (tertiary alicyclic amines) is 3. The van der Waals surface area contributed by atoms with Crippen LogP contribution in [0.3, 0.4) is 0 Å². The number of primary amides is 1. The summed E-state index contributed by atoms with van der Waals surface area (Å²) in [5.41, 5.74) is 29.1. The molecule has 3 saturated heterocycles. The largest absolute Gasteiger partial charge is 0.457 e. The molecule has 14 rings (SSSR count). The molecule has 6 aromatic carbocycles. The topological polar surface area (TPSA) is 324 Å². The molecule has 508 valence electrons. The second-order valence-electron chi connectivity index (χ2n) is 23.5. The Morgan fingerprint density at radius 2 is 0.980 bits per heavy atom. The first kappa shape index (κ1) is 68.5. The quantitative estimate of drug-likeness (QED) is 0.0547. The maximum absolute atomic E-state index is 13.6. The van der Waals surface area contributed by atoms with Crippen molar-refractivity contribution in [3.05, 3.63) is 218 Å². The van der Waals surface area contributed by atoms with Crippen LogP contribution in [0.4, 0.5) is 17.5 Å². The van der Waals surface area contributed by atoms with E-state index in [4.69, 9.17) is 42.2 Å². The molecule has 0 bridgehead atoms. The number of imidazole rings is 1. The van der Waals surface area contributed by atoms with Crippen molar-refractivity contribution in [2.24, 2.45) is 5.73 Å². The van der Waals surface area contributed by atoms with Gasteiger partial charge in [0.2, 0.25) is 11.8 Å². The number of nitrogen functional groups attached to an aromatic ring is 3. The number of para-hydroxylation sites is 3. The fourth-order valence-corrected chi connectivity index (χ4v) is 12.4. The van der Waals surface area contributed by atoms with E-state index in [0.717, 1.165) is 54.2 Å². The van der Waals surface area contributed by atoms with E-state index in [9.17, 15) is 24.0 Å². The van der Waals surface area contributed by atoms with E-state index in [-0.39, 0.29) is 66.2 Å². The normalized spacial score (nSPS) is 15.5. The van der Waals surface area contributed by atoms with Crippen LogP contribution in [0.1, 0.15) is 74.9 Å². The second-order valence-corrected chi connectivity index (χ2v) is 23.5. The Bertz CT molecular complexity index is 4890. The summed E-state index contributed by atoms with van der Waals surface area (Å²) in [5.74, 6) is 9.10. The van der Waals surface area contributed by atoms with Gasteiger partial charge in [-0.05, 0) is 166 Å². The van der Waals surface area contributed by atoms with Crippen LogP contribution in [-0.4, -0.2) is 126 Å². The highest BCUT2D eigenvalue weighted by atomic mass is 16.5. The van der Waals surface area contributed by atoms with Crippen LogP contribution in [0.5, 0.6) is 34.5 Å². The first-order chi connectivity index (χ1) is 48.2. The van der Waals surface area contributed by atoms with Crippen LogP contribution in [0.25, 0.3) is 50.4 Å². The minimum atomic E-state index is -0.650. The van der Waals surface area contributed by atoms with Crippen molar-refractivity contribution < 1.29 is 33.4 Å². The molecule has 8 heterocycles. The number of carbonyl (C=O) groups excluding carboxylic acids is 4. The third kappa shape index (κ3) is 14.9. The zero-order valence-electron chi connectivity index (χ0n) is 54.2. The number of ether oxygens (including phenoxy) is 3. The number of rotatable bonds is 15. The Morgan fingerprint density at radius 1 is 0.530 bits per heavy atom. The molecule has 8 N–H and O–H groups in total. The number of carbonyl (C=O) groups is 4. The maximum Gasteiger partial charge on any atom is 0.335 e. The first-order valence-corrected chi connectivity index (χ1v) is 32.1. The Balaban J connectivity index is 0.000000151. The summed E-state index contributed by atoms with van der Waals surface area (Å²) < 4.78 is 24.2. The number of fused-ring (bicyclic) bond motifs is 2. The van der Waals surface area contributed by atoms with E-state index >= 15 is 0 Å². The maximum atomic E-state index is 13.6. The molecular formula is C75H75N17O8. The highest BCUT2D eigenvalue weighted by Crippen LogP contribution is 2.37. The summed E-state index contributed by atoms with van der Waals surface area (Å²) >= 11 is 0. The molecule has 3 atom stereocenters. The molecule has 3 fully saturated rings. The highest BCUT2D eigenvalue weighted by molar-refractivity contribution is 6.03. The lowest BCUT2D eigenvalue weighted by Crippen LogP contribution is -2.40. The Labute approximate surface area is 576 Å². The molecule has 25 heteroatoms. The summed E-state index contributed by atoms with van der Waals surface area (Å²) in [6.07, 6.45) is 9.43. The van der Waals surface area contributed by atoms with E-state index in [0.29, 0.717) is 108 Å². The summed E-state index contributed by atoms with van der Waals surface area (Å²) in [5, 5.41) is 10.3. The Hall–Kier alpha value is -12.9. The Kier molecular flexibility index (Phi) is 21.2. The number of hydrogen-bond donors (Lipinski definition) is 4. The van der Waals surface area contributed by atoms with Gasteiger partial charge in [0, 0.05) is 50.4 Å². The number of piperidine rings is 2. The standard InChI is InChI=1S/C25H22N6O3.C25H24N6O2.C24H25N5O3.CH4/c1-2-6-21(32)29-14-13-18(15-29)31-24-22(23(26)27-16-28-24)30(25(31)33)17-9-11-20(12-10-17)34-19-7-4-3-5-8-19;1-2-21(32)30-14-6-7-18(15-30)31-25-22(24(26)27-16-28-25)23(29-31)17-10-12-20(13-11-17)33-19-8-4-3-5-9-19;1-2-20(30)28-14-6-7-17(15-28)29-23(25)21(24(26)31)22(27-29)16-10-12-19(13-11-16)32-18-8-4-3-5-9-18;/h3-5,7-12,16,18H,13-15H2,1H3,(H2,26,27,28);2-5,8-13,16,18H,1,6-7,14-15H2,(H2,26,27,28);2-5,8-13,17H,1,6-7,14-15,25H2,(H2,26,31);1H4/t2*18-;17-;/m111./s1. The minimum absolute atomic E-state index is 0. The Morgan fingerprint density at radius 3 is 1.48 bits per heavy atom. The van der Waals surface area contributed by atoms with Crippen LogP contribution in [-0.2, 0) is 14.4 Å². The fourth-order valence-electron chi connectivity index (χ4n) is 12.4. The molecule has 3 aliphatic rings. The number of nitrogens with zero attached hydrogens (tertiary/aromatic N) is 13. The molecule has 25 nitrogen and oxygen atoms in total. The van der Waals surface area contributed by atoms with Gasteiger partial charge in [-0.3, -0.25) is 28.3 Å². The predicted octanol–water partition coefficient (Wildman–Crippen LogP) is 11.0. The number of nitrogens with two attached hydrogens (primary N) is 4. The molecule has 3 aliphatic heterocycles.